The van der Waals surface area contributed by atoms with Gasteiger partial charge in [-0.05, 0) is 60.7 Å². The first-order chi connectivity index (χ1) is 11.6. The number of hydrogen-bond donors (Lipinski definition) is 2. The van der Waals surface area contributed by atoms with Gasteiger partial charge in [0.25, 0.3) is 5.91 Å². The van der Waals surface area contributed by atoms with E-state index in [4.69, 9.17) is 5.73 Å². The highest BCUT2D eigenvalue weighted by molar-refractivity contribution is 5.96. The minimum absolute atomic E-state index is 0.00403. The molecule has 1 aliphatic carbocycles. The number of nitrogens with two attached hydrogens (primary N) is 1. The molecular weight excluding hydrogens is 300 g/mol. The van der Waals surface area contributed by atoms with Crippen molar-refractivity contribution in [2.75, 3.05) is 5.73 Å². The normalized spacial score (nSPS) is 13.9. The van der Waals surface area contributed by atoms with Crippen LogP contribution < -0.4 is 11.1 Å². The number of anilines is 1. The number of benzene rings is 2. The third-order valence-electron chi connectivity index (χ3n) is 4.32. The van der Waals surface area contributed by atoms with Crippen molar-refractivity contribution in [1.29, 1.82) is 0 Å². The number of carbonyl (C=O) groups excluding carboxylic acids is 1. The van der Waals surface area contributed by atoms with Crippen LogP contribution in [-0.2, 0) is 0 Å². The highest BCUT2D eigenvalue weighted by Gasteiger charge is 2.24. The van der Waals surface area contributed by atoms with Crippen LogP contribution >= 0.6 is 0 Å². The number of rotatable bonds is 3. The number of aryl methyl sites for hydroxylation is 1. The minimum Gasteiger partial charge on any atom is -0.368 e. The number of hydrogen-bond acceptors (Lipinski definition) is 4. The summed E-state index contributed by atoms with van der Waals surface area (Å²) in [5.41, 5.74) is 10.3. The zero-order chi connectivity index (χ0) is 16.7. The predicted molar refractivity (Wildman–Crippen MR) is 94.6 cm³/mol. The molecule has 1 aromatic heterocycles. The van der Waals surface area contributed by atoms with E-state index in [0.717, 1.165) is 40.4 Å². The van der Waals surface area contributed by atoms with Crippen molar-refractivity contribution >= 4 is 22.8 Å². The Labute approximate surface area is 139 Å². The molecule has 24 heavy (non-hydrogen) atoms. The number of nitrogens with zero attached hydrogens (tertiary/aromatic N) is 2. The maximum absolute atomic E-state index is 12.3. The van der Waals surface area contributed by atoms with Gasteiger partial charge in [-0.25, -0.2) is 9.97 Å². The minimum atomic E-state index is -0.00403. The van der Waals surface area contributed by atoms with Crippen LogP contribution in [0.3, 0.4) is 0 Å². The van der Waals surface area contributed by atoms with Crippen molar-refractivity contribution in [3.05, 3.63) is 53.7 Å². The smallest absolute Gasteiger partial charge is 0.251 e. The van der Waals surface area contributed by atoms with Crippen LogP contribution in [0.25, 0.3) is 22.0 Å². The van der Waals surface area contributed by atoms with Crippen molar-refractivity contribution in [1.82, 2.24) is 15.3 Å². The molecule has 1 amide bonds. The zero-order valence-electron chi connectivity index (χ0n) is 13.4. The molecule has 0 atom stereocenters. The number of fused-ring (bicyclic) bond motifs is 1. The third kappa shape index (κ3) is 2.80. The Bertz CT molecular complexity index is 947. The lowest BCUT2D eigenvalue weighted by Crippen LogP contribution is -2.25. The first-order valence-corrected chi connectivity index (χ1v) is 8.04. The lowest BCUT2D eigenvalue weighted by molar-refractivity contribution is 0.0951. The van der Waals surface area contributed by atoms with Crippen LogP contribution in [-0.4, -0.2) is 21.9 Å². The van der Waals surface area contributed by atoms with Gasteiger partial charge in [0.15, 0.2) is 0 Å². The molecule has 1 saturated carbocycles. The fourth-order valence-electron chi connectivity index (χ4n) is 2.79. The summed E-state index contributed by atoms with van der Waals surface area (Å²) >= 11 is 0. The molecule has 1 heterocycles. The van der Waals surface area contributed by atoms with E-state index >= 15 is 0 Å². The maximum atomic E-state index is 12.3. The fraction of sp³-hybridized carbons (Fsp3) is 0.211. The second-order valence-corrected chi connectivity index (χ2v) is 6.28. The molecule has 0 unspecified atom stereocenters. The molecule has 1 aliphatic rings. The largest absolute Gasteiger partial charge is 0.368 e. The van der Waals surface area contributed by atoms with Crippen molar-refractivity contribution < 1.29 is 4.79 Å². The molecule has 4 rings (SSSR count). The Balaban J connectivity index is 1.74. The molecule has 3 aromatic rings. The summed E-state index contributed by atoms with van der Waals surface area (Å²) in [6, 6.07) is 12.1. The van der Waals surface area contributed by atoms with E-state index in [1.54, 1.807) is 6.20 Å². The van der Waals surface area contributed by atoms with Crippen molar-refractivity contribution in [2.24, 2.45) is 0 Å². The molecule has 0 bridgehead atoms. The van der Waals surface area contributed by atoms with Gasteiger partial charge in [-0.2, -0.15) is 0 Å². The Morgan fingerprint density at radius 3 is 2.83 bits per heavy atom. The predicted octanol–water partition coefficient (Wildman–Crippen LogP) is 3.08. The van der Waals surface area contributed by atoms with Gasteiger partial charge < -0.3 is 11.1 Å². The molecule has 5 heteroatoms. The third-order valence-corrected chi connectivity index (χ3v) is 4.32. The van der Waals surface area contributed by atoms with Crippen LogP contribution in [0.5, 0.6) is 0 Å². The van der Waals surface area contributed by atoms with Gasteiger partial charge in [0.1, 0.15) is 0 Å². The van der Waals surface area contributed by atoms with Gasteiger partial charge in [0, 0.05) is 23.2 Å². The van der Waals surface area contributed by atoms with Crippen molar-refractivity contribution in [3.63, 3.8) is 0 Å². The number of carbonyl (C=O) groups is 1. The Kier molecular flexibility index (Phi) is 3.41. The fourth-order valence-corrected chi connectivity index (χ4v) is 2.79. The first kappa shape index (κ1) is 14.6. The van der Waals surface area contributed by atoms with E-state index in [2.05, 4.69) is 15.3 Å². The van der Waals surface area contributed by atoms with Crippen LogP contribution in [0.15, 0.2) is 42.6 Å². The van der Waals surface area contributed by atoms with E-state index in [9.17, 15) is 4.79 Å². The summed E-state index contributed by atoms with van der Waals surface area (Å²) in [7, 11) is 0. The highest BCUT2D eigenvalue weighted by Crippen LogP contribution is 2.28. The SMILES string of the molecule is Cc1ccc(C(=O)NC2CC2)cc1-c1ccc2nc(N)ncc2c1. The molecule has 0 saturated heterocycles. The van der Waals surface area contributed by atoms with E-state index in [1.807, 2.05) is 43.3 Å². The molecule has 0 radical (unpaired) electrons. The molecule has 0 aliphatic heterocycles. The molecule has 2 aromatic carbocycles. The quantitative estimate of drug-likeness (QED) is 0.777. The van der Waals surface area contributed by atoms with Crippen LogP contribution in [0.2, 0.25) is 0 Å². The van der Waals surface area contributed by atoms with Gasteiger partial charge in [-0.15, -0.1) is 0 Å². The van der Waals surface area contributed by atoms with Crippen molar-refractivity contribution in [3.8, 4) is 11.1 Å². The summed E-state index contributed by atoms with van der Waals surface area (Å²) in [5.74, 6) is 0.265. The molecule has 3 N–H and O–H groups in total. The highest BCUT2D eigenvalue weighted by atomic mass is 16.1. The van der Waals surface area contributed by atoms with Gasteiger partial charge in [-0.1, -0.05) is 12.1 Å². The summed E-state index contributed by atoms with van der Waals surface area (Å²) < 4.78 is 0. The summed E-state index contributed by atoms with van der Waals surface area (Å²) in [6.07, 6.45) is 3.89. The second-order valence-electron chi connectivity index (χ2n) is 6.28. The number of nitrogens with one attached hydrogen (secondary N) is 1. The van der Waals surface area contributed by atoms with E-state index < -0.39 is 0 Å². The zero-order valence-corrected chi connectivity index (χ0v) is 13.4. The topological polar surface area (TPSA) is 80.9 Å². The number of aromatic nitrogens is 2. The molecule has 1 fully saturated rings. The maximum Gasteiger partial charge on any atom is 0.251 e. The Hall–Kier alpha value is -2.95. The molecule has 0 spiro atoms. The standard InChI is InChI=1S/C19H18N4O/c1-11-2-3-13(18(24)22-15-5-6-15)9-16(11)12-4-7-17-14(8-12)10-21-19(20)23-17/h2-4,7-10,15H,5-6H2,1H3,(H,22,24)(H2,20,21,23). The number of amides is 1. The summed E-state index contributed by atoms with van der Waals surface area (Å²) in [5, 5.41) is 3.96. The summed E-state index contributed by atoms with van der Waals surface area (Å²) in [6.45, 7) is 2.04. The Morgan fingerprint density at radius 1 is 1.21 bits per heavy atom. The Morgan fingerprint density at radius 2 is 2.04 bits per heavy atom. The van der Waals surface area contributed by atoms with Crippen LogP contribution in [0.4, 0.5) is 5.95 Å². The lowest BCUT2D eigenvalue weighted by Gasteiger charge is -2.10. The van der Waals surface area contributed by atoms with Gasteiger partial charge >= 0.3 is 0 Å². The molecule has 120 valence electrons. The van der Waals surface area contributed by atoms with Crippen LogP contribution in [0.1, 0.15) is 28.8 Å². The van der Waals surface area contributed by atoms with E-state index in [1.165, 1.54) is 0 Å². The lowest BCUT2D eigenvalue weighted by atomic mass is 9.97. The van der Waals surface area contributed by atoms with Gasteiger partial charge in [0.05, 0.1) is 5.52 Å². The van der Waals surface area contributed by atoms with E-state index in [0.29, 0.717) is 11.6 Å². The second kappa shape index (κ2) is 5.60. The summed E-state index contributed by atoms with van der Waals surface area (Å²) in [4.78, 5) is 20.6. The molecule has 5 nitrogen and oxygen atoms in total. The first-order valence-electron chi connectivity index (χ1n) is 8.04. The van der Waals surface area contributed by atoms with Gasteiger partial charge in [0.2, 0.25) is 5.95 Å². The monoisotopic (exact) mass is 318 g/mol. The van der Waals surface area contributed by atoms with Crippen molar-refractivity contribution in [2.45, 2.75) is 25.8 Å². The van der Waals surface area contributed by atoms with Gasteiger partial charge in [-0.3, -0.25) is 4.79 Å². The average Bonchev–Trinajstić information content (AvgIpc) is 3.38. The average molecular weight is 318 g/mol. The number of nitrogen functional groups attached to an aromatic ring is 1. The molecular formula is C19H18N4O. The van der Waals surface area contributed by atoms with E-state index in [-0.39, 0.29) is 11.9 Å². The van der Waals surface area contributed by atoms with Crippen LogP contribution in [0, 0.1) is 6.92 Å².